The average molecular weight is 265 g/mol. The van der Waals surface area contributed by atoms with E-state index in [1.165, 1.54) is 19.3 Å². The van der Waals surface area contributed by atoms with E-state index >= 15 is 0 Å². The van der Waals surface area contributed by atoms with Crippen LogP contribution < -0.4 is 0 Å². The van der Waals surface area contributed by atoms with Crippen molar-refractivity contribution in [3.8, 4) is 0 Å². The molecule has 0 radical (unpaired) electrons. The first-order chi connectivity index (χ1) is 8.88. The van der Waals surface area contributed by atoms with Crippen molar-refractivity contribution in [2.24, 2.45) is 11.8 Å². The molecule has 0 aliphatic carbocycles. The Morgan fingerprint density at radius 2 is 1.63 bits per heavy atom. The summed E-state index contributed by atoms with van der Waals surface area (Å²) in [5.41, 5.74) is 0. The molecule has 0 saturated carbocycles. The van der Waals surface area contributed by atoms with Crippen molar-refractivity contribution >= 4 is 0 Å². The van der Waals surface area contributed by atoms with Gasteiger partial charge < -0.3 is 4.57 Å². The van der Waals surface area contributed by atoms with Crippen LogP contribution in [0.1, 0.15) is 84.4 Å². The van der Waals surface area contributed by atoms with Gasteiger partial charge in [0.15, 0.2) is 0 Å². The van der Waals surface area contributed by atoms with Crippen molar-refractivity contribution in [3.05, 3.63) is 11.6 Å². The van der Waals surface area contributed by atoms with Gasteiger partial charge in [0.2, 0.25) is 0 Å². The van der Waals surface area contributed by atoms with Gasteiger partial charge in [0.25, 0.3) is 0 Å². The van der Waals surface area contributed by atoms with E-state index in [0.29, 0.717) is 12.0 Å². The first kappa shape index (κ1) is 16.2. The maximum absolute atomic E-state index is 4.34. The van der Waals surface area contributed by atoms with Gasteiger partial charge in [-0.15, -0.1) is 10.2 Å². The van der Waals surface area contributed by atoms with Crippen LogP contribution in [-0.2, 0) is 0 Å². The van der Waals surface area contributed by atoms with Crippen molar-refractivity contribution in [2.45, 2.75) is 79.7 Å². The fourth-order valence-electron chi connectivity index (χ4n) is 2.94. The Morgan fingerprint density at radius 3 is 2.16 bits per heavy atom. The Labute approximate surface area is 118 Å². The van der Waals surface area contributed by atoms with Crippen LogP contribution in [0, 0.1) is 18.8 Å². The number of rotatable bonds is 7. The molecule has 110 valence electrons. The van der Waals surface area contributed by atoms with Gasteiger partial charge in [0.05, 0.1) is 0 Å². The molecule has 0 N–H and O–H groups in total. The lowest BCUT2D eigenvalue weighted by Gasteiger charge is -2.25. The smallest absolute Gasteiger partial charge is 0.135 e. The van der Waals surface area contributed by atoms with Gasteiger partial charge in [-0.3, -0.25) is 0 Å². The summed E-state index contributed by atoms with van der Waals surface area (Å²) >= 11 is 0. The van der Waals surface area contributed by atoms with Crippen molar-refractivity contribution in [3.63, 3.8) is 0 Å². The van der Waals surface area contributed by atoms with Crippen LogP contribution in [-0.4, -0.2) is 14.8 Å². The van der Waals surface area contributed by atoms with E-state index in [-0.39, 0.29) is 0 Å². The predicted molar refractivity (Wildman–Crippen MR) is 81.4 cm³/mol. The maximum atomic E-state index is 4.34. The van der Waals surface area contributed by atoms with Gasteiger partial charge in [-0.05, 0) is 32.1 Å². The molecular formula is C16H31N3. The summed E-state index contributed by atoms with van der Waals surface area (Å²) < 4.78 is 2.33. The molecule has 1 aromatic rings. The second-order valence-electron chi connectivity index (χ2n) is 6.46. The van der Waals surface area contributed by atoms with Gasteiger partial charge in [-0.2, -0.15) is 0 Å². The molecule has 1 heterocycles. The summed E-state index contributed by atoms with van der Waals surface area (Å²) in [5, 5.41) is 8.60. The molecule has 1 rings (SSSR count). The van der Waals surface area contributed by atoms with Crippen LogP contribution in [0.25, 0.3) is 0 Å². The molecular weight excluding hydrogens is 234 g/mol. The largest absolute Gasteiger partial charge is 0.312 e. The van der Waals surface area contributed by atoms with E-state index in [4.69, 9.17) is 0 Å². The van der Waals surface area contributed by atoms with E-state index in [1.807, 2.05) is 0 Å². The predicted octanol–water partition coefficient (Wildman–Crippen LogP) is 4.73. The summed E-state index contributed by atoms with van der Waals surface area (Å²) in [6.07, 6.45) is 3.81. The van der Waals surface area contributed by atoms with Gasteiger partial charge in [0, 0.05) is 12.0 Å². The molecule has 0 bridgehead atoms. The highest BCUT2D eigenvalue weighted by Crippen LogP contribution is 2.28. The Bertz CT molecular complexity index is 381. The highest BCUT2D eigenvalue weighted by Gasteiger charge is 2.21. The number of hydrogen-bond acceptors (Lipinski definition) is 2. The third-order valence-corrected chi connectivity index (χ3v) is 4.28. The van der Waals surface area contributed by atoms with E-state index in [1.54, 1.807) is 0 Å². The third kappa shape index (κ3) is 4.05. The fraction of sp³-hybridized carbons (Fsp3) is 0.875. The van der Waals surface area contributed by atoms with Crippen LogP contribution in [0.3, 0.4) is 0 Å². The SMILES string of the molecule is CCCC(C)C(C)CC(C)n1c(C)nnc1C(C)C. The molecule has 1 aromatic heterocycles. The zero-order valence-electron chi connectivity index (χ0n) is 13.8. The molecule has 19 heavy (non-hydrogen) atoms. The monoisotopic (exact) mass is 265 g/mol. The Balaban J connectivity index is 2.78. The molecule has 0 fully saturated rings. The zero-order chi connectivity index (χ0) is 14.6. The number of aryl methyl sites for hydroxylation is 1. The topological polar surface area (TPSA) is 30.7 Å². The summed E-state index contributed by atoms with van der Waals surface area (Å²) in [6.45, 7) is 15.8. The lowest BCUT2D eigenvalue weighted by atomic mass is 9.87. The van der Waals surface area contributed by atoms with Crippen molar-refractivity contribution in [1.29, 1.82) is 0 Å². The second kappa shape index (κ2) is 7.06. The number of hydrogen-bond donors (Lipinski definition) is 0. The summed E-state index contributed by atoms with van der Waals surface area (Å²) in [6, 6.07) is 0.488. The van der Waals surface area contributed by atoms with Crippen molar-refractivity contribution in [1.82, 2.24) is 14.8 Å². The second-order valence-corrected chi connectivity index (χ2v) is 6.46. The van der Waals surface area contributed by atoms with Crippen molar-refractivity contribution in [2.75, 3.05) is 0 Å². The molecule has 0 saturated heterocycles. The molecule has 0 aliphatic heterocycles. The van der Waals surface area contributed by atoms with Gasteiger partial charge in [-0.25, -0.2) is 0 Å². The summed E-state index contributed by atoms with van der Waals surface area (Å²) in [7, 11) is 0. The van der Waals surface area contributed by atoms with Gasteiger partial charge in [-0.1, -0.05) is 47.5 Å². The third-order valence-electron chi connectivity index (χ3n) is 4.28. The maximum Gasteiger partial charge on any atom is 0.135 e. The quantitative estimate of drug-likeness (QED) is 0.713. The van der Waals surface area contributed by atoms with Gasteiger partial charge >= 0.3 is 0 Å². The first-order valence-electron chi connectivity index (χ1n) is 7.79. The standard InChI is InChI=1S/C16H31N3/c1-8-9-12(4)13(5)10-14(6)19-15(7)17-18-16(19)11(2)3/h11-14H,8-10H2,1-7H3. The molecule has 0 aliphatic rings. The summed E-state index contributed by atoms with van der Waals surface area (Å²) in [5.74, 6) is 4.16. The lowest BCUT2D eigenvalue weighted by Crippen LogP contribution is -2.18. The van der Waals surface area contributed by atoms with Crippen LogP contribution in [0.15, 0.2) is 0 Å². The van der Waals surface area contributed by atoms with Gasteiger partial charge in [0.1, 0.15) is 11.6 Å². The molecule has 0 spiro atoms. The van der Waals surface area contributed by atoms with E-state index in [0.717, 1.165) is 23.5 Å². The minimum atomic E-state index is 0.437. The first-order valence-corrected chi connectivity index (χ1v) is 7.79. The molecule has 3 nitrogen and oxygen atoms in total. The minimum absolute atomic E-state index is 0.437. The summed E-state index contributed by atoms with van der Waals surface area (Å²) in [4.78, 5) is 0. The van der Waals surface area contributed by atoms with E-state index in [2.05, 4.69) is 63.2 Å². The number of aromatic nitrogens is 3. The van der Waals surface area contributed by atoms with Crippen LogP contribution in [0.4, 0.5) is 0 Å². The van der Waals surface area contributed by atoms with E-state index < -0.39 is 0 Å². The molecule has 3 heteroatoms. The minimum Gasteiger partial charge on any atom is -0.312 e. The molecule has 0 amide bonds. The Morgan fingerprint density at radius 1 is 1.00 bits per heavy atom. The fourth-order valence-corrected chi connectivity index (χ4v) is 2.94. The van der Waals surface area contributed by atoms with E-state index in [9.17, 15) is 0 Å². The average Bonchev–Trinajstić information content (AvgIpc) is 2.71. The van der Waals surface area contributed by atoms with Crippen molar-refractivity contribution < 1.29 is 0 Å². The highest BCUT2D eigenvalue weighted by molar-refractivity contribution is 5.01. The van der Waals surface area contributed by atoms with Crippen LogP contribution >= 0.6 is 0 Å². The highest BCUT2D eigenvalue weighted by atomic mass is 15.3. The zero-order valence-corrected chi connectivity index (χ0v) is 13.8. The van der Waals surface area contributed by atoms with Crippen LogP contribution in [0.5, 0.6) is 0 Å². The molecule has 3 atom stereocenters. The Kier molecular flexibility index (Phi) is 6.02. The molecule has 0 aromatic carbocycles. The molecule has 3 unspecified atom stereocenters. The Hall–Kier alpha value is -0.860. The number of nitrogens with zero attached hydrogens (tertiary/aromatic N) is 3. The van der Waals surface area contributed by atoms with Crippen LogP contribution in [0.2, 0.25) is 0 Å². The normalized spacial score (nSPS) is 16.6. The lowest BCUT2D eigenvalue weighted by molar-refractivity contribution is 0.291.